The van der Waals surface area contributed by atoms with Crippen molar-refractivity contribution < 1.29 is 33.0 Å². The molecule has 0 aliphatic heterocycles. The van der Waals surface area contributed by atoms with Gasteiger partial charge in [-0.2, -0.15) is 0 Å². The second-order valence-corrected chi connectivity index (χ2v) is 8.44. The largest absolute Gasteiger partial charge is 0.493 e. The summed E-state index contributed by atoms with van der Waals surface area (Å²) in [5.74, 6) is -2.15. The van der Waals surface area contributed by atoms with Gasteiger partial charge in [0.05, 0.1) is 7.11 Å². The van der Waals surface area contributed by atoms with Crippen molar-refractivity contribution in [2.45, 2.75) is 57.1 Å². The Labute approximate surface area is 190 Å². The third-order valence-corrected chi connectivity index (χ3v) is 6.15. The average molecular weight is 456 g/mol. The first-order valence-electron chi connectivity index (χ1n) is 10.8. The van der Waals surface area contributed by atoms with Gasteiger partial charge in [-0.05, 0) is 48.9 Å². The van der Waals surface area contributed by atoms with Gasteiger partial charge >= 0.3 is 11.9 Å². The van der Waals surface area contributed by atoms with Gasteiger partial charge in [-0.3, -0.25) is 9.59 Å². The lowest BCUT2D eigenvalue weighted by molar-refractivity contribution is -0.154. The molecule has 174 valence electrons. The number of carbonyl (C=O) groups excluding carboxylic acids is 3. The van der Waals surface area contributed by atoms with E-state index in [2.05, 4.69) is 10.3 Å². The molecule has 2 aliphatic carbocycles. The van der Waals surface area contributed by atoms with Crippen LogP contribution < -0.4 is 14.8 Å². The number of fused-ring (bicyclic) bond motifs is 1. The molecule has 8 nitrogen and oxygen atoms in total. The van der Waals surface area contributed by atoms with Crippen LogP contribution in [0.25, 0.3) is 0 Å². The molecule has 2 aromatic rings. The van der Waals surface area contributed by atoms with Crippen LogP contribution in [0.4, 0.5) is 4.39 Å². The van der Waals surface area contributed by atoms with Gasteiger partial charge in [-0.15, -0.1) is 0 Å². The fourth-order valence-electron chi connectivity index (χ4n) is 4.17. The Morgan fingerprint density at radius 2 is 1.97 bits per heavy atom. The number of nitrogens with zero attached hydrogens (tertiary/aromatic N) is 1. The molecular weight excluding hydrogens is 431 g/mol. The van der Waals surface area contributed by atoms with E-state index in [1.807, 2.05) is 6.92 Å². The molecule has 1 aromatic carbocycles. The van der Waals surface area contributed by atoms with Gasteiger partial charge in [0.1, 0.15) is 17.5 Å². The number of amides is 1. The third-order valence-electron chi connectivity index (χ3n) is 6.15. The second kappa shape index (κ2) is 8.80. The molecule has 0 bridgehead atoms. The molecule has 2 atom stereocenters. The molecule has 2 unspecified atom stereocenters. The average Bonchev–Trinajstić information content (AvgIpc) is 3.56. The summed E-state index contributed by atoms with van der Waals surface area (Å²) in [6, 6.07) is 6.12. The van der Waals surface area contributed by atoms with Crippen LogP contribution in [0.3, 0.4) is 0 Å². The maximum absolute atomic E-state index is 13.5. The van der Waals surface area contributed by atoms with Crippen molar-refractivity contribution in [3.05, 3.63) is 53.1 Å². The number of pyridine rings is 1. The van der Waals surface area contributed by atoms with E-state index in [4.69, 9.17) is 14.2 Å². The third kappa shape index (κ3) is 4.53. The van der Waals surface area contributed by atoms with E-state index >= 15 is 0 Å². The van der Waals surface area contributed by atoms with Crippen LogP contribution in [0.5, 0.6) is 11.5 Å². The minimum atomic E-state index is -1.15. The Morgan fingerprint density at radius 1 is 1.21 bits per heavy atom. The van der Waals surface area contributed by atoms with Gasteiger partial charge in [-0.25, -0.2) is 14.2 Å². The van der Waals surface area contributed by atoms with Crippen LogP contribution >= 0.6 is 0 Å². The van der Waals surface area contributed by atoms with Crippen molar-refractivity contribution in [1.82, 2.24) is 10.3 Å². The Balaban J connectivity index is 1.48. The molecule has 1 heterocycles. The lowest BCUT2D eigenvalue weighted by atomic mass is 9.81. The predicted molar refractivity (Wildman–Crippen MR) is 115 cm³/mol. The number of aryl methyl sites for hydroxylation is 1. The Morgan fingerprint density at radius 3 is 2.64 bits per heavy atom. The molecule has 0 saturated heterocycles. The van der Waals surface area contributed by atoms with Crippen molar-refractivity contribution in [2.75, 3.05) is 7.11 Å². The molecule has 9 heteroatoms. The molecule has 1 amide bonds. The van der Waals surface area contributed by atoms with Crippen LogP contribution in [-0.4, -0.2) is 41.6 Å². The maximum atomic E-state index is 13.5. The summed E-state index contributed by atoms with van der Waals surface area (Å²) in [5, 5.41) is 2.71. The number of rotatable bonds is 6. The number of benzene rings is 1. The first-order valence-corrected chi connectivity index (χ1v) is 10.8. The van der Waals surface area contributed by atoms with Crippen molar-refractivity contribution in [1.29, 1.82) is 0 Å². The quantitative estimate of drug-likeness (QED) is 0.666. The number of carbonyl (C=O) groups is 3. The zero-order valence-corrected chi connectivity index (χ0v) is 18.6. The molecular formula is C24H25FN2O6. The lowest BCUT2D eigenvalue weighted by Crippen LogP contribution is -2.46. The van der Waals surface area contributed by atoms with Gasteiger partial charge in [-0.1, -0.05) is 13.0 Å². The standard InChI is InChI=1S/C24H25FN2O6/c1-13-17-6-5-16(25)12-15(17)4-7-18(13)33-23(30)24(9-10-24)27-22(29)20-21(32-14(2)28)19(31-3)8-11-26-20/h5-6,8,11-13,18H,4,7,9-10H2,1-3H3,(H,27,29). The van der Waals surface area contributed by atoms with Crippen molar-refractivity contribution in [3.63, 3.8) is 0 Å². The first kappa shape index (κ1) is 22.7. The zero-order chi connectivity index (χ0) is 23.8. The van der Waals surface area contributed by atoms with E-state index in [0.29, 0.717) is 25.7 Å². The molecule has 1 aromatic heterocycles. The monoisotopic (exact) mass is 456 g/mol. The van der Waals surface area contributed by atoms with E-state index in [1.54, 1.807) is 6.07 Å². The molecule has 4 rings (SSSR count). The fraction of sp³-hybridized carbons (Fsp3) is 0.417. The number of nitrogens with one attached hydrogen (secondary N) is 1. The predicted octanol–water partition coefficient (Wildman–Crippen LogP) is 3.08. The van der Waals surface area contributed by atoms with Crippen LogP contribution in [0.1, 0.15) is 60.6 Å². The fourth-order valence-corrected chi connectivity index (χ4v) is 4.17. The minimum Gasteiger partial charge on any atom is -0.493 e. The summed E-state index contributed by atoms with van der Waals surface area (Å²) in [6.45, 7) is 3.14. The topological polar surface area (TPSA) is 104 Å². The lowest BCUT2D eigenvalue weighted by Gasteiger charge is -2.32. The van der Waals surface area contributed by atoms with Crippen molar-refractivity contribution in [2.24, 2.45) is 0 Å². The van der Waals surface area contributed by atoms with Crippen LogP contribution in [-0.2, 0) is 20.7 Å². The summed E-state index contributed by atoms with van der Waals surface area (Å²) in [6.07, 6.45) is 3.00. The normalized spacial score (nSPS) is 20.2. The van der Waals surface area contributed by atoms with Crippen LogP contribution in [0, 0.1) is 5.82 Å². The zero-order valence-electron chi connectivity index (χ0n) is 18.6. The van der Waals surface area contributed by atoms with Crippen LogP contribution in [0.15, 0.2) is 30.5 Å². The first-order chi connectivity index (χ1) is 15.7. The molecule has 2 aliphatic rings. The highest BCUT2D eigenvalue weighted by Gasteiger charge is 2.54. The van der Waals surface area contributed by atoms with Gasteiger partial charge in [0, 0.05) is 25.1 Å². The summed E-state index contributed by atoms with van der Waals surface area (Å²) in [5.41, 5.74) is 0.566. The van der Waals surface area contributed by atoms with Gasteiger partial charge < -0.3 is 19.5 Å². The number of esters is 2. The summed E-state index contributed by atoms with van der Waals surface area (Å²) < 4.78 is 29.6. The highest BCUT2D eigenvalue weighted by Crippen LogP contribution is 2.41. The van der Waals surface area contributed by atoms with E-state index in [9.17, 15) is 18.8 Å². The van der Waals surface area contributed by atoms with Gasteiger partial charge in [0.2, 0.25) is 5.75 Å². The van der Waals surface area contributed by atoms with Gasteiger partial charge in [0.15, 0.2) is 11.4 Å². The Bertz CT molecular complexity index is 1110. The number of hydrogen-bond acceptors (Lipinski definition) is 7. The Kier molecular flexibility index (Phi) is 6.05. The highest BCUT2D eigenvalue weighted by atomic mass is 19.1. The number of hydrogen-bond donors (Lipinski definition) is 1. The van der Waals surface area contributed by atoms with E-state index < -0.39 is 23.4 Å². The number of methoxy groups -OCH3 is 1. The molecule has 1 N–H and O–H groups in total. The molecule has 33 heavy (non-hydrogen) atoms. The molecule has 0 radical (unpaired) electrons. The maximum Gasteiger partial charge on any atom is 0.332 e. The smallest absolute Gasteiger partial charge is 0.332 e. The number of ether oxygens (including phenoxy) is 3. The number of halogens is 1. The van der Waals surface area contributed by atoms with E-state index in [0.717, 1.165) is 11.1 Å². The van der Waals surface area contributed by atoms with Crippen LogP contribution in [0.2, 0.25) is 0 Å². The SMILES string of the molecule is COc1ccnc(C(=O)NC2(C(=O)OC3CCc4cc(F)ccc4C3C)CC2)c1OC(C)=O. The van der Waals surface area contributed by atoms with Gasteiger partial charge in [0.25, 0.3) is 5.91 Å². The molecule has 1 saturated carbocycles. The summed E-state index contributed by atoms with van der Waals surface area (Å²) in [7, 11) is 1.38. The number of aromatic nitrogens is 1. The highest BCUT2D eigenvalue weighted by molar-refractivity contribution is 6.00. The summed E-state index contributed by atoms with van der Waals surface area (Å²) in [4.78, 5) is 41.5. The van der Waals surface area contributed by atoms with E-state index in [-0.39, 0.29) is 35.0 Å². The van der Waals surface area contributed by atoms with E-state index in [1.165, 1.54) is 38.4 Å². The molecule has 0 spiro atoms. The minimum absolute atomic E-state index is 0.0968. The second-order valence-electron chi connectivity index (χ2n) is 8.44. The van der Waals surface area contributed by atoms with Crippen molar-refractivity contribution >= 4 is 17.8 Å². The summed E-state index contributed by atoms with van der Waals surface area (Å²) >= 11 is 0. The molecule has 1 fully saturated rings. The Hall–Kier alpha value is -3.49. The van der Waals surface area contributed by atoms with Crippen molar-refractivity contribution in [3.8, 4) is 11.5 Å².